The van der Waals surface area contributed by atoms with E-state index in [1.807, 2.05) is 0 Å². The number of halogens is 2. The van der Waals surface area contributed by atoms with Crippen molar-refractivity contribution < 1.29 is 13.9 Å². The third-order valence-electron chi connectivity index (χ3n) is 4.10. The van der Waals surface area contributed by atoms with Crippen LogP contribution in [0.3, 0.4) is 0 Å². The van der Waals surface area contributed by atoms with Gasteiger partial charge < -0.3 is 5.11 Å². The molecule has 18 heavy (non-hydrogen) atoms. The lowest BCUT2D eigenvalue weighted by Gasteiger charge is -2.33. The zero-order valence-electron chi connectivity index (χ0n) is 10.8. The predicted molar refractivity (Wildman–Crippen MR) is 67.1 cm³/mol. The van der Waals surface area contributed by atoms with Crippen molar-refractivity contribution in [2.75, 3.05) is 0 Å². The Balaban J connectivity index is 2.27. The van der Waals surface area contributed by atoms with Gasteiger partial charge in [-0.25, -0.2) is 8.78 Å². The van der Waals surface area contributed by atoms with E-state index >= 15 is 0 Å². The van der Waals surface area contributed by atoms with Crippen LogP contribution in [0.5, 0.6) is 0 Å². The summed E-state index contributed by atoms with van der Waals surface area (Å²) in [5.41, 5.74) is -0.792. The maximum atomic E-state index is 13.3. The van der Waals surface area contributed by atoms with Gasteiger partial charge in [-0.1, -0.05) is 25.7 Å². The fraction of sp³-hybridized carbons (Fsp3) is 0.600. The van der Waals surface area contributed by atoms with Crippen molar-refractivity contribution in [2.24, 2.45) is 5.92 Å². The standard InChI is InChI=1S/C15H20F2O/c1-15(18,11-6-4-2-3-5-7-11)12-8-13(16)10-14(17)9-12/h8-11,18H,2-7H2,1H3. The van der Waals surface area contributed by atoms with Gasteiger partial charge in [0.15, 0.2) is 0 Å². The molecular formula is C15H20F2O. The molecule has 1 atom stereocenters. The van der Waals surface area contributed by atoms with E-state index in [0.29, 0.717) is 5.56 Å². The summed E-state index contributed by atoms with van der Waals surface area (Å²) in [6, 6.07) is 3.33. The van der Waals surface area contributed by atoms with Crippen LogP contribution in [0, 0.1) is 17.6 Å². The molecule has 0 radical (unpaired) electrons. The lowest BCUT2D eigenvalue weighted by molar-refractivity contribution is -0.0131. The van der Waals surface area contributed by atoms with Gasteiger partial charge in [0.25, 0.3) is 0 Å². The van der Waals surface area contributed by atoms with Crippen molar-refractivity contribution >= 4 is 0 Å². The van der Waals surface area contributed by atoms with Gasteiger partial charge >= 0.3 is 0 Å². The lowest BCUT2D eigenvalue weighted by Crippen LogP contribution is -2.31. The number of rotatable bonds is 2. The Hall–Kier alpha value is -0.960. The molecule has 1 N–H and O–H groups in total. The Labute approximate surface area is 107 Å². The molecular weight excluding hydrogens is 234 g/mol. The van der Waals surface area contributed by atoms with E-state index in [1.165, 1.54) is 25.0 Å². The van der Waals surface area contributed by atoms with Crippen molar-refractivity contribution in [2.45, 2.75) is 51.0 Å². The molecule has 2 rings (SSSR count). The van der Waals surface area contributed by atoms with Gasteiger partial charge in [0.1, 0.15) is 11.6 Å². The summed E-state index contributed by atoms with van der Waals surface area (Å²) in [6.45, 7) is 1.68. The summed E-state index contributed by atoms with van der Waals surface area (Å²) >= 11 is 0. The topological polar surface area (TPSA) is 20.2 Å². The average molecular weight is 254 g/mol. The maximum absolute atomic E-state index is 13.3. The highest BCUT2D eigenvalue weighted by Crippen LogP contribution is 2.38. The van der Waals surface area contributed by atoms with Gasteiger partial charge in [-0.15, -0.1) is 0 Å². The maximum Gasteiger partial charge on any atom is 0.126 e. The van der Waals surface area contributed by atoms with Gasteiger partial charge in [0.2, 0.25) is 0 Å². The monoisotopic (exact) mass is 254 g/mol. The predicted octanol–water partition coefficient (Wildman–Crippen LogP) is 4.14. The summed E-state index contributed by atoms with van der Waals surface area (Å²) in [5.74, 6) is -1.17. The Morgan fingerprint density at radius 1 is 1.00 bits per heavy atom. The van der Waals surface area contributed by atoms with Crippen molar-refractivity contribution in [1.29, 1.82) is 0 Å². The fourth-order valence-electron chi connectivity index (χ4n) is 2.92. The van der Waals surface area contributed by atoms with Crippen LogP contribution in [0.2, 0.25) is 0 Å². The summed E-state index contributed by atoms with van der Waals surface area (Å²) in [6.07, 6.45) is 6.38. The van der Waals surface area contributed by atoms with Crippen LogP contribution in [0.4, 0.5) is 8.78 Å². The van der Waals surface area contributed by atoms with Gasteiger partial charge in [0, 0.05) is 6.07 Å². The highest BCUT2D eigenvalue weighted by molar-refractivity contribution is 5.24. The number of aliphatic hydroxyl groups is 1. The highest BCUT2D eigenvalue weighted by atomic mass is 19.1. The van der Waals surface area contributed by atoms with E-state index in [2.05, 4.69) is 0 Å². The molecule has 0 aromatic heterocycles. The second kappa shape index (κ2) is 5.35. The molecule has 0 aliphatic heterocycles. The summed E-state index contributed by atoms with van der Waals surface area (Å²) in [7, 11) is 0. The number of hydrogen-bond donors (Lipinski definition) is 1. The number of benzene rings is 1. The van der Waals surface area contributed by atoms with Crippen LogP contribution >= 0.6 is 0 Å². The Kier molecular flexibility index (Phi) is 4.00. The SMILES string of the molecule is CC(O)(c1cc(F)cc(F)c1)C1CCCCCC1. The van der Waals surface area contributed by atoms with Crippen LogP contribution in [0.25, 0.3) is 0 Å². The van der Waals surface area contributed by atoms with Gasteiger partial charge in [-0.2, -0.15) is 0 Å². The first-order valence-electron chi connectivity index (χ1n) is 6.69. The molecule has 100 valence electrons. The van der Waals surface area contributed by atoms with Crippen LogP contribution in [-0.2, 0) is 5.60 Å². The molecule has 1 aliphatic rings. The van der Waals surface area contributed by atoms with E-state index in [4.69, 9.17) is 0 Å². The quantitative estimate of drug-likeness (QED) is 0.786. The molecule has 1 nitrogen and oxygen atoms in total. The second-order valence-corrected chi connectivity index (χ2v) is 5.49. The molecule has 0 saturated heterocycles. The first-order chi connectivity index (χ1) is 8.50. The molecule has 0 bridgehead atoms. The van der Waals surface area contributed by atoms with E-state index in [9.17, 15) is 13.9 Å². The zero-order chi connectivity index (χ0) is 13.2. The molecule has 1 fully saturated rings. The molecule has 1 aliphatic carbocycles. The van der Waals surface area contributed by atoms with Gasteiger partial charge in [0.05, 0.1) is 5.60 Å². The minimum Gasteiger partial charge on any atom is -0.385 e. The average Bonchev–Trinajstić information content (AvgIpc) is 2.56. The first kappa shape index (κ1) is 13.5. The largest absolute Gasteiger partial charge is 0.385 e. The second-order valence-electron chi connectivity index (χ2n) is 5.49. The van der Waals surface area contributed by atoms with Crippen molar-refractivity contribution in [3.8, 4) is 0 Å². The third kappa shape index (κ3) is 2.89. The van der Waals surface area contributed by atoms with E-state index in [1.54, 1.807) is 6.92 Å². The van der Waals surface area contributed by atoms with E-state index < -0.39 is 17.2 Å². The van der Waals surface area contributed by atoms with Crippen LogP contribution in [0.1, 0.15) is 51.0 Å². The van der Waals surface area contributed by atoms with Gasteiger partial charge in [-0.05, 0) is 43.4 Å². The molecule has 1 unspecified atom stereocenters. The Morgan fingerprint density at radius 3 is 2.00 bits per heavy atom. The van der Waals surface area contributed by atoms with Crippen molar-refractivity contribution in [3.63, 3.8) is 0 Å². The van der Waals surface area contributed by atoms with Crippen LogP contribution in [0.15, 0.2) is 18.2 Å². The van der Waals surface area contributed by atoms with Crippen molar-refractivity contribution in [3.05, 3.63) is 35.4 Å². The van der Waals surface area contributed by atoms with E-state index in [-0.39, 0.29) is 5.92 Å². The van der Waals surface area contributed by atoms with E-state index in [0.717, 1.165) is 31.7 Å². The van der Waals surface area contributed by atoms with Gasteiger partial charge in [-0.3, -0.25) is 0 Å². The number of hydrogen-bond acceptors (Lipinski definition) is 1. The normalized spacial score (nSPS) is 21.3. The fourth-order valence-corrected chi connectivity index (χ4v) is 2.92. The molecule has 1 aromatic carbocycles. The summed E-state index contributed by atoms with van der Waals surface area (Å²) < 4.78 is 26.5. The highest BCUT2D eigenvalue weighted by Gasteiger charge is 2.34. The molecule has 1 saturated carbocycles. The minimum atomic E-state index is -1.15. The summed E-state index contributed by atoms with van der Waals surface area (Å²) in [4.78, 5) is 0. The lowest BCUT2D eigenvalue weighted by atomic mass is 9.78. The smallest absolute Gasteiger partial charge is 0.126 e. The minimum absolute atomic E-state index is 0.0844. The molecule has 0 amide bonds. The zero-order valence-corrected chi connectivity index (χ0v) is 10.8. The van der Waals surface area contributed by atoms with Crippen molar-refractivity contribution in [1.82, 2.24) is 0 Å². The third-order valence-corrected chi connectivity index (χ3v) is 4.10. The summed E-state index contributed by atoms with van der Waals surface area (Å²) in [5, 5.41) is 10.7. The first-order valence-corrected chi connectivity index (χ1v) is 6.69. The Morgan fingerprint density at radius 2 is 1.50 bits per heavy atom. The molecule has 0 heterocycles. The molecule has 1 aromatic rings. The Bertz CT molecular complexity index is 387. The van der Waals surface area contributed by atoms with Crippen LogP contribution in [-0.4, -0.2) is 5.11 Å². The van der Waals surface area contributed by atoms with Crippen LogP contribution < -0.4 is 0 Å². The molecule has 0 spiro atoms. The molecule has 3 heteroatoms.